The molecule has 2 atom stereocenters. The van der Waals surface area contributed by atoms with Crippen molar-refractivity contribution in [3.8, 4) is 0 Å². The highest BCUT2D eigenvalue weighted by Gasteiger charge is 2.26. The Morgan fingerprint density at radius 2 is 2.00 bits per heavy atom. The van der Waals surface area contributed by atoms with Gasteiger partial charge >= 0.3 is 5.69 Å². The lowest BCUT2D eigenvalue weighted by molar-refractivity contribution is 0.456. The van der Waals surface area contributed by atoms with Crippen molar-refractivity contribution in [3.05, 3.63) is 45.1 Å². The standard InChI is InChI=1S/C16H24N6O2/c1-11(15-17-6-8-19(15)2)18-12-5-7-22(10-12)13-9-14(23)21(4)16(24)20(13)3/h6,8-9,11-12,18H,5,7,10H2,1-4H3/t11?,12-/m1/s1. The van der Waals surface area contributed by atoms with Crippen molar-refractivity contribution in [3.63, 3.8) is 0 Å². The van der Waals surface area contributed by atoms with Crippen LogP contribution < -0.4 is 21.5 Å². The second-order valence-electron chi connectivity index (χ2n) is 6.46. The molecule has 0 bridgehead atoms. The lowest BCUT2D eigenvalue weighted by atomic mass is 10.2. The van der Waals surface area contributed by atoms with E-state index in [-0.39, 0.29) is 23.3 Å². The summed E-state index contributed by atoms with van der Waals surface area (Å²) in [5, 5.41) is 3.59. The first kappa shape index (κ1) is 16.5. The van der Waals surface area contributed by atoms with Gasteiger partial charge in [-0.25, -0.2) is 9.78 Å². The molecule has 1 N–H and O–H groups in total. The Kier molecular flexibility index (Phi) is 4.31. The summed E-state index contributed by atoms with van der Waals surface area (Å²) in [5.41, 5.74) is -0.568. The van der Waals surface area contributed by atoms with Crippen LogP contribution in [-0.4, -0.2) is 37.8 Å². The van der Waals surface area contributed by atoms with Crippen molar-refractivity contribution in [2.24, 2.45) is 21.1 Å². The quantitative estimate of drug-likeness (QED) is 0.835. The first-order chi connectivity index (χ1) is 11.4. The largest absolute Gasteiger partial charge is 0.356 e. The van der Waals surface area contributed by atoms with Gasteiger partial charge in [-0.15, -0.1) is 0 Å². The Morgan fingerprint density at radius 1 is 1.25 bits per heavy atom. The number of aryl methyl sites for hydroxylation is 1. The van der Waals surface area contributed by atoms with E-state index in [2.05, 4.69) is 22.1 Å². The second kappa shape index (κ2) is 6.27. The number of rotatable bonds is 4. The third-order valence-corrected chi connectivity index (χ3v) is 4.74. The summed E-state index contributed by atoms with van der Waals surface area (Å²) in [6.45, 7) is 3.67. The van der Waals surface area contributed by atoms with Crippen LogP contribution in [0.25, 0.3) is 0 Å². The number of hydrogen-bond donors (Lipinski definition) is 1. The molecule has 0 amide bonds. The van der Waals surface area contributed by atoms with Crippen molar-refractivity contribution >= 4 is 5.82 Å². The van der Waals surface area contributed by atoms with Gasteiger partial charge in [0.05, 0.1) is 6.04 Å². The predicted octanol–water partition coefficient (Wildman–Crippen LogP) is -0.253. The lowest BCUT2D eigenvalue weighted by Gasteiger charge is -2.23. The molecule has 1 aliphatic rings. The topological polar surface area (TPSA) is 77.1 Å². The number of hydrogen-bond acceptors (Lipinski definition) is 5. The van der Waals surface area contributed by atoms with Gasteiger partial charge in [-0.05, 0) is 13.3 Å². The monoisotopic (exact) mass is 332 g/mol. The van der Waals surface area contributed by atoms with E-state index in [1.165, 1.54) is 17.7 Å². The molecule has 24 heavy (non-hydrogen) atoms. The van der Waals surface area contributed by atoms with Crippen LogP contribution in [0.3, 0.4) is 0 Å². The van der Waals surface area contributed by atoms with E-state index in [9.17, 15) is 9.59 Å². The summed E-state index contributed by atoms with van der Waals surface area (Å²) in [5.74, 6) is 1.67. The predicted molar refractivity (Wildman–Crippen MR) is 92.3 cm³/mol. The van der Waals surface area contributed by atoms with Gasteiger partial charge < -0.3 is 14.8 Å². The first-order valence-corrected chi connectivity index (χ1v) is 8.13. The summed E-state index contributed by atoms with van der Waals surface area (Å²) in [4.78, 5) is 30.5. The van der Waals surface area contributed by atoms with E-state index in [1.807, 2.05) is 17.8 Å². The number of aromatic nitrogens is 4. The van der Waals surface area contributed by atoms with Crippen molar-refractivity contribution in [1.82, 2.24) is 24.0 Å². The van der Waals surface area contributed by atoms with Crippen molar-refractivity contribution < 1.29 is 0 Å². The Morgan fingerprint density at radius 3 is 2.67 bits per heavy atom. The maximum atomic E-state index is 12.1. The lowest BCUT2D eigenvalue weighted by Crippen LogP contribution is -2.41. The van der Waals surface area contributed by atoms with Crippen molar-refractivity contribution in [2.45, 2.75) is 25.4 Å². The Bertz CT molecular complexity index is 849. The van der Waals surface area contributed by atoms with Gasteiger partial charge in [0, 0.05) is 58.7 Å². The van der Waals surface area contributed by atoms with Gasteiger partial charge in [0.2, 0.25) is 0 Å². The summed E-state index contributed by atoms with van der Waals surface area (Å²) in [6, 6.07) is 1.96. The molecule has 3 heterocycles. The van der Waals surface area contributed by atoms with Gasteiger partial charge in [-0.3, -0.25) is 13.9 Å². The molecule has 1 fully saturated rings. The van der Waals surface area contributed by atoms with Crippen LogP contribution in [0.15, 0.2) is 28.0 Å². The highest BCUT2D eigenvalue weighted by Crippen LogP contribution is 2.19. The molecule has 2 aromatic rings. The highest BCUT2D eigenvalue weighted by molar-refractivity contribution is 5.40. The minimum absolute atomic E-state index is 0.141. The van der Waals surface area contributed by atoms with E-state index in [0.29, 0.717) is 5.82 Å². The van der Waals surface area contributed by atoms with Gasteiger partial charge in [-0.1, -0.05) is 0 Å². The summed E-state index contributed by atoms with van der Waals surface area (Å²) >= 11 is 0. The molecule has 3 rings (SSSR count). The molecule has 0 aromatic carbocycles. The van der Waals surface area contributed by atoms with Gasteiger partial charge in [0.15, 0.2) is 0 Å². The van der Waals surface area contributed by atoms with Gasteiger partial charge in [-0.2, -0.15) is 0 Å². The highest BCUT2D eigenvalue weighted by atomic mass is 16.2. The Hall–Kier alpha value is -2.35. The maximum absolute atomic E-state index is 12.1. The van der Waals surface area contributed by atoms with Crippen LogP contribution >= 0.6 is 0 Å². The van der Waals surface area contributed by atoms with E-state index >= 15 is 0 Å². The molecule has 0 aliphatic carbocycles. The zero-order chi connectivity index (χ0) is 17.4. The zero-order valence-corrected chi connectivity index (χ0v) is 14.6. The molecule has 1 saturated heterocycles. The van der Waals surface area contributed by atoms with Crippen molar-refractivity contribution in [1.29, 1.82) is 0 Å². The van der Waals surface area contributed by atoms with E-state index in [1.54, 1.807) is 13.2 Å². The molecule has 8 heteroatoms. The average Bonchev–Trinajstić information content (AvgIpc) is 3.17. The van der Waals surface area contributed by atoms with Crippen LogP contribution in [0.5, 0.6) is 0 Å². The summed E-state index contributed by atoms with van der Waals surface area (Å²) in [7, 11) is 5.18. The van der Waals surface area contributed by atoms with E-state index in [0.717, 1.165) is 29.9 Å². The summed E-state index contributed by atoms with van der Waals surface area (Å²) < 4.78 is 4.67. The van der Waals surface area contributed by atoms with Crippen LogP contribution in [0.4, 0.5) is 5.82 Å². The molecule has 8 nitrogen and oxygen atoms in total. The number of anilines is 1. The van der Waals surface area contributed by atoms with Gasteiger partial charge in [0.25, 0.3) is 5.56 Å². The van der Waals surface area contributed by atoms with Crippen LogP contribution in [-0.2, 0) is 21.1 Å². The molecule has 1 aliphatic heterocycles. The molecule has 1 unspecified atom stereocenters. The minimum atomic E-state index is -0.296. The van der Waals surface area contributed by atoms with Crippen molar-refractivity contribution in [2.75, 3.05) is 18.0 Å². The fourth-order valence-corrected chi connectivity index (χ4v) is 3.35. The third kappa shape index (κ3) is 2.89. The minimum Gasteiger partial charge on any atom is -0.356 e. The smallest absolute Gasteiger partial charge is 0.332 e. The summed E-state index contributed by atoms with van der Waals surface area (Å²) in [6.07, 6.45) is 4.69. The number of imidazole rings is 1. The molecular formula is C16H24N6O2. The second-order valence-corrected chi connectivity index (χ2v) is 6.46. The molecule has 0 saturated carbocycles. The van der Waals surface area contributed by atoms with E-state index < -0.39 is 0 Å². The fraction of sp³-hybridized carbons (Fsp3) is 0.562. The molecular weight excluding hydrogens is 308 g/mol. The third-order valence-electron chi connectivity index (χ3n) is 4.74. The van der Waals surface area contributed by atoms with Crippen LogP contribution in [0, 0.1) is 0 Å². The molecule has 0 spiro atoms. The fourth-order valence-electron chi connectivity index (χ4n) is 3.35. The molecule has 0 radical (unpaired) electrons. The molecule has 130 valence electrons. The zero-order valence-electron chi connectivity index (χ0n) is 14.6. The Balaban J connectivity index is 1.73. The van der Waals surface area contributed by atoms with E-state index in [4.69, 9.17) is 0 Å². The molecule has 2 aromatic heterocycles. The number of nitrogens with one attached hydrogen (secondary N) is 1. The Labute approximate surface area is 140 Å². The van der Waals surface area contributed by atoms with Crippen LogP contribution in [0.2, 0.25) is 0 Å². The average molecular weight is 332 g/mol. The SMILES string of the molecule is CC(N[C@@H]1CCN(c2cc(=O)n(C)c(=O)n2C)C1)c1nccn1C. The first-order valence-electron chi connectivity index (χ1n) is 8.13. The maximum Gasteiger partial charge on any atom is 0.332 e. The van der Waals surface area contributed by atoms with Gasteiger partial charge in [0.1, 0.15) is 11.6 Å². The number of nitrogens with zero attached hydrogens (tertiary/aromatic N) is 5. The normalized spacial score (nSPS) is 19.0. The van der Waals surface area contributed by atoms with Crippen LogP contribution in [0.1, 0.15) is 25.2 Å².